The van der Waals surface area contributed by atoms with Gasteiger partial charge in [0.15, 0.2) is 0 Å². The smallest absolute Gasteiger partial charge is 0.224 e. The first-order chi connectivity index (χ1) is 12.6. The van der Waals surface area contributed by atoms with Crippen LogP contribution in [0.15, 0.2) is 24.4 Å². The van der Waals surface area contributed by atoms with Crippen LogP contribution in [0.4, 0.5) is 5.69 Å². The molecule has 4 N–H and O–H groups in total. The highest BCUT2D eigenvalue weighted by Crippen LogP contribution is 2.33. The summed E-state index contributed by atoms with van der Waals surface area (Å²) in [5.74, 6) is 0.702. The minimum Gasteiger partial charge on any atom is -0.390 e. The summed E-state index contributed by atoms with van der Waals surface area (Å²) < 4.78 is 1.90. The number of rotatable bonds is 7. The molecule has 0 radical (unpaired) electrons. The fourth-order valence-electron chi connectivity index (χ4n) is 3.88. The van der Waals surface area contributed by atoms with Crippen LogP contribution in [0.3, 0.4) is 0 Å². The number of fused-ring (bicyclic) bond motifs is 1. The summed E-state index contributed by atoms with van der Waals surface area (Å²) in [6.45, 7) is 0.550. The zero-order chi connectivity index (χ0) is 18.5. The maximum absolute atomic E-state index is 12.5. The zero-order valence-electron chi connectivity index (χ0n) is 15.1. The zero-order valence-corrected chi connectivity index (χ0v) is 15.8. The van der Waals surface area contributed by atoms with Crippen molar-refractivity contribution >= 4 is 34.1 Å². The molecule has 6 heteroatoms. The Kier molecular flexibility index (Phi) is 6.57. The van der Waals surface area contributed by atoms with Crippen molar-refractivity contribution in [3.8, 4) is 0 Å². The lowest BCUT2D eigenvalue weighted by molar-refractivity contribution is -0.116. The van der Waals surface area contributed by atoms with Crippen molar-refractivity contribution in [1.29, 1.82) is 0 Å². The van der Waals surface area contributed by atoms with Crippen LogP contribution in [-0.4, -0.2) is 28.2 Å². The Balaban J connectivity index is 1.73. The summed E-state index contributed by atoms with van der Waals surface area (Å²) >= 11 is 6.38. The fourth-order valence-corrected chi connectivity index (χ4v) is 4.15. The molecular formula is C20H28ClN3O2. The molecule has 2 aromatic rings. The van der Waals surface area contributed by atoms with Crippen LogP contribution in [0.25, 0.3) is 10.9 Å². The van der Waals surface area contributed by atoms with Crippen LogP contribution in [0, 0.1) is 5.92 Å². The van der Waals surface area contributed by atoms with E-state index in [0.29, 0.717) is 29.6 Å². The van der Waals surface area contributed by atoms with Gasteiger partial charge in [0.1, 0.15) is 0 Å². The molecule has 0 saturated heterocycles. The second-order valence-electron chi connectivity index (χ2n) is 7.31. The molecule has 1 atom stereocenters. The third kappa shape index (κ3) is 4.58. The first-order valence-corrected chi connectivity index (χ1v) is 9.91. The lowest BCUT2D eigenvalue weighted by Gasteiger charge is -2.20. The molecule has 26 heavy (non-hydrogen) atoms. The van der Waals surface area contributed by atoms with Gasteiger partial charge in [-0.25, -0.2) is 0 Å². The normalized spacial score (nSPS) is 16.7. The van der Waals surface area contributed by atoms with E-state index in [1.165, 1.54) is 32.1 Å². The summed E-state index contributed by atoms with van der Waals surface area (Å²) in [6, 6.07) is 5.61. The van der Waals surface area contributed by atoms with E-state index >= 15 is 0 Å². The van der Waals surface area contributed by atoms with Crippen LogP contribution >= 0.6 is 11.6 Å². The molecule has 0 aliphatic heterocycles. The summed E-state index contributed by atoms with van der Waals surface area (Å²) in [4.78, 5) is 12.5. The number of nitrogens with two attached hydrogens (primary N) is 1. The number of aliphatic hydroxyl groups is 1. The predicted molar refractivity (Wildman–Crippen MR) is 106 cm³/mol. The fraction of sp³-hybridized carbons (Fsp3) is 0.550. The average molecular weight is 378 g/mol. The van der Waals surface area contributed by atoms with Crippen LogP contribution in [-0.2, 0) is 11.3 Å². The van der Waals surface area contributed by atoms with E-state index in [4.69, 9.17) is 17.3 Å². The molecule has 142 valence electrons. The minimum atomic E-state index is -0.639. The van der Waals surface area contributed by atoms with Gasteiger partial charge in [0.2, 0.25) is 5.91 Å². The molecule has 1 fully saturated rings. The number of carbonyl (C=O) groups is 1. The predicted octanol–water partition coefficient (Wildman–Crippen LogP) is 3.91. The molecule has 0 spiro atoms. The standard InChI is InChI=1S/C20H28ClN3O2/c21-16-7-4-8-18-20(16)17(13-24(18)12-15(25)11-22)23-19(26)10-9-14-5-2-1-3-6-14/h4,7-8,13-15,25H,1-3,5-6,9-12,22H2,(H,23,26). The van der Waals surface area contributed by atoms with Crippen molar-refractivity contribution in [2.45, 2.75) is 57.6 Å². The average Bonchev–Trinajstić information content (AvgIpc) is 2.99. The number of carbonyl (C=O) groups excluding carboxylic acids is 1. The van der Waals surface area contributed by atoms with E-state index in [2.05, 4.69) is 5.32 Å². The Bertz CT molecular complexity index is 753. The van der Waals surface area contributed by atoms with Crippen molar-refractivity contribution in [2.75, 3.05) is 11.9 Å². The maximum Gasteiger partial charge on any atom is 0.224 e. The van der Waals surface area contributed by atoms with E-state index in [-0.39, 0.29) is 12.5 Å². The molecule has 1 aliphatic rings. The summed E-state index contributed by atoms with van der Waals surface area (Å²) in [5, 5.41) is 14.3. The molecule has 5 nitrogen and oxygen atoms in total. The Labute approximate surface area is 159 Å². The van der Waals surface area contributed by atoms with Crippen molar-refractivity contribution in [3.63, 3.8) is 0 Å². The van der Waals surface area contributed by atoms with Gasteiger partial charge in [-0.05, 0) is 24.5 Å². The monoisotopic (exact) mass is 377 g/mol. The number of amides is 1. The summed E-state index contributed by atoms with van der Waals surface area (Å²) in [5.41, 5.74) is 7.11. The SMILES string of the molecule is NCC(O)Cn1cc(NC(=O)CCC2CCCCC2)c2c(Cl)cccc21. The first kappa shape index (κ1) is 19.2. The van der Waals surface area contributed by atoms with Crippen molar-refractivity contribution < 1.29 is 9.90 Å². The van der Waals surface area contributed by atoms with Gasteiger partial charge in [-0.3, -0.25) is 4.79 Å². The highest BCUT2D eigenvalue weighted by molar-refractivity contribution is 6.36. The molecule has 3 rings (SSSR count). The second kappa shape index (κ2) is 8.89. The molecule has 1 saturated carbocycles. The minimum absolute atomic E-state index is 0.0221. The van der Waals surface area contributed by atoms with Crippen molar-refractivity contribution in [3.05, 3.63) is 29.4 Å². The molecule has 1 amide bonds. The molecule has 1 aromatic heterocycles. The van der Waals surface area contributed by atoms with E-state index in [1.54, 1.807) is 0 Å². The van der Waals surface area contributed by atoms with Gasteiger partial charge in [0.25, 0.3) is 0 Å². The third-order valence-electron chi connectivity index (χ3n) is 5.31. The number of anilines is 1. The summed E-state index contributed by atoms with van der Waals surface area (Å²) in [7, 11) is 0. The Morgan fingerprint density at radius 3 is 2.85 bits per heavy atom. The number of aromatic nitrogens is 1. The van der Waals surface area contributed by atoms with Crippen molar-refractivity contribution in [1.82, 2.24) is 4.57 Å². The molecule has 0 bridgehead atoms. The van der Waals surface area contributed by atoms with Crippen LogP contribution in [0.2, 0.25) is 5.02 Å². The van der Waals surface area contributed by atoms with Gasteiger partial charge in [0, 0.05) is 31.1 Å². The molecule has 1 aromatic carbocycles. The number of hydrogen-bond donors (Lipinski definition) is 3. The van der Waals surface area contributed by atoms with Crippen molar-refractivity contribution in [2.24, 2.45) is 11.7 Å². The highest BCUT2D eigenvalue weighted by Gasteiger charge is 2.18. The lowest BCUT2D eigenvalue weighted by atomic mass is 9.86. The van der Waals surface area contributed by atoms with Crippen LogP contribution in [0.1, 0.15) is 44.9 Å². The number of halogens is 1. The second-order valence-corrected chi connectivity index (χ2v) is 7.72. The maximum atomic E-state index is 12.5. The molecule has 1 heterocycles. The molecule has 1 aliphatic carbocycles. The van der Waals surface area contributed by atoms with Crippen LogP contribution in [0.5, 0.6) is 0 Å². The van der Waals surface area contributed by atoms with Gasteiger partial charge in [-0.15, -0.1) is 0 Å². The number of benzene rings is 1. The van der Waals surface area contributed by atoms with E-state index in [9.17, 15) is 9.90 Å². The van der Waals surface area contributed by atoms with E-state index < -0.39 is 6.10 Å². The number of aliphatic hydroxyl groups excluding tert-OH is 1. The molecule has 1 unspecified atom stereocenters. The number of nitrogens with one attached hydrogen (secondary N) is 1. The van der Waals surface area contributed by atoms with Gasteiger partial charge >= 0.3 is 0 Å². The summed E-state index contributed by atoms with van der Waals surface area (Å²) in [6.07, 6.45) is 9.09. The first-order valence-electron chi connectivity index (χ1n) is 9.54. The van der Waals surface area contributed by atoms with Gasteiger partial charge in [-0.2, -0.15) is 0 Å². The van der Waals surface area contributed by atoms with Gasteiger partial charge in [-0.1, -0.05) is 49.8 Å². The van der Waals surface area contributed by atoms with Gasteiger partial charge in [0.05, 0.1) is 22.3 Å². The quantitative estimate of drug-likeness (QED) is 0.684. The van der Waals surface area contributed by atoms with Crippen LogP contribution < -0.4 is 11.1 Å². The highest BCUT2D eigenvalue weighted by atomic mass is 35.5. The Morgan fingerprint density at radius 1 is 1.35 bits per heavy atom. The third-order valence-corrected chi connectivity index (χ3v) is 5.63. The topological polar surface area (TPSA) is 80.3 Å². The van der Waals surface area contributed by atoms with E-state index in [0.717, 1.165) is 17.3 Å². The van der Waals surface area contributed by atoms with Gasteiger partial charge < -0.3 is 20.7 Å². The molecular weight excluding hydrogens is 350 g/mol. The lowest BCUT2D eigenvalue weighted by Crippen LogP contribution is -2.24. The van der Waals surface area contributed by atoms with E-state index in [1.807, 2.05) is 29.0 Å². The Morgan fingerprint density at radius 2 is 2.12 bits per heavy atom. The largest absolute Gasteiger partial charge is 0.390 e. The Hall–Kier alpha value is -1.56. The number of hydrogen-bond acceptors (Lipinski definition) is 3. The number of nitrogens with zero attached hydrogens (tertiary/aromatic N) is 1.